The molecule has 1 saturated carbocycles. The standard InChI is InChI=1S/C14H25N3S/c1-3-5-11-7-9-12(10-8-11)17-13(6-4-2)15-16-14(17)18/h11-12H,3-10H2,1-2H3,(H,16,18). The maximum Gasteiger partial charge on any atom is 0.195 e. The molecule has 0 unspecified atom stereocenters. The Morgan fingerprint density at radius 1 is 1.22 bits per heavy atom. The number of nitrogens with zero attached hydrogens (tertiary/aromatic N) is 2. The van der Waals surface area contributed by atoms with Crippen molar-refractivity contribution in [3.8, 4) is 0 Å². The number of aryl methyl sites for hydroxylation is 1. The third-order valence-corrected chi connectivity index (χ3v) is 4.42. The molecule has 0 radical (unpaired) electrons. The summed E-state index contributed by atoms with van der Waals surface area (Å²) in [7, 11) is 0. The van der Waals surface area contributed by atoms with Crippen molar-refractivity contribution in [3.05, 3.63) is 10.6 Å². The Labute approximate surface area is 115 Å². The molecule has 4 heteroatoms. The number of aromatic nitrogens is 3. The summed E-state index contributed by atoms with van der Waals surface area (Å²) >= 11 is 5.39. The molecule has 1 aromatic heterocycles. The molecule has 1 fully saturated rings. The van der Waals surface area contributed by atoms with Crippen LogP contribution in [0.1, 0.15) is 70.7 Å². The summed E-state index contributed by atoms with van der Waals surface area (Å²) in [5.74, 6) is 2.10. The summed E-state index contributed by atoms with van der Waals surface area (Å²) in [6.45, 7) is 4.48. The number of hydrogen-bond donors (Lipinski definition) is 1. The first-order valence-corrected chi connectivity index (χ1v) is 7.82. The molecule has 1 N–H and O–H groups in total. The van der Waals surface area contributed by atoms with Crippen LogP contribution in [-0.2, 0) is 6.42 Å². The second kappa shape index (κ2) is 6.50. The lowest BCUT2D eigenvalue weighted by atomic mass is 9.83. The summed E-state index contributed by atoms with van der Waals surface area (Å²) in [6, 6.07) is 0.589. The SMILES string of the molecule is CCCc1n[nH]c(=S)n1C1CCC(CCC)CC1. The van der Waals surface area contributed by atoms with Crippen molar-refractivity contribution in [2.45, 2.75) is 71.3 Å². The largest absolute Gasteiger partial charge is 0.301 e. The van der Waals surface area contributed by atoms with Gasteiger partial charge in [-0.15, -0.1) is 0 Å². The van der Waals surface area contributed by atoms with E-state index in [2.05, 4.69) is 28.6 Å². The van der Waals surface area contributed by atoms with Crippen LogP contribution >= 0.6 is 12.2 Å². The van der Waals surface area contributed by atoms with E-state index in [9.17, 15) is 0 Å². The van der Waals surface area contributed by atoms with Gasteiger partial charge in [-0.3, -0.25) is 5.10 Å². The van der Waals surface area contributed by atoms with Crippen LogP contribution in [0.2, 0.25) is 0 Å². The minimum Gasteiger partial charge on any atom is -0.301 e. The molecule has 0 bridgehead atoms. The van der Waals surface area contributed by atoms with Crippen LogP contribution in [0.25, 0.3) is 0 Å². The lowest BCUT2D eigenvalue weighted by Gasteiger charge is -2.29. The van der Waals surface area contributed by atoms with Crippen molar-refractivity contribution in [2.75, 3.05) is 0 Å². The van der Waals surface area contributed by atoms with Crippen LogP contribution in [0.4, 0.5) is 0 Å². The molecule has 1 aromatic rings. The van der Waals surface area contributed by atoms with Crippen LogP contribution in [0.15, 0.2) is 0 Å². The van der Waals surface area contributed by atoms with Gasteiger partial charge >= 0.3 is 0 Å². The molecule has 0 atom stereocenters. The van der Waals surface area contributed by atoms with E-state index in [1.165, 1.54) is 38.5 Å². The zero-order chi connectivity index (χ0) is 13.0. The first-order chi connectivity index (χ1) is 8.76. The van der Waals surface area contributed by atoms with Crippen molar-refractivity contribution in [2.24, 2.45) is 5.92 Å². The first kappa shape index (κ1) is 13.8. The molecule has 18 heavy (non-hydrogen) atoms. The van der Waals surface area contributed by atoms with Gasteiger partial charge in [0.05, 0.1) is 0 Å². The molecular formula is C14H25N3S. The zero-order valence-electron chi connectivity index (χ0n) is 11.6. The average Bonchev–Trinajstić information content (AvgIpc) is 2.73. The van der Waals surface area contributed by atoms with E-state index in [1.807, 2.05) is 0 Å². The highest BCUT2D eigenvalue weighted by molar-refractivity contribution is 7.71. The van der Waals surface area contributed by atoms with Crippen molar-refractivity contribution < 1.29 is 0 Å². The minimum absolute atomic E-state index is 0.589. The molecule has 0 aliphatic heterocycles. The summed E-state index contributed by atoms with van der Waals surface area (Å²) in [4.78, 5) is 0. The summed E-state index contributed by atoms with van der Waals surface area (Å²) in [5.41, 5.74) is 0. The highest BCUT2D eigenvalue weighted by atomic mass is 32.1. The molecular weight excluding hydrogens is 242 g/mol. The van der Waals surface area contributed by atoms with Gasteiger partial charge in [0.2, 0.25) is 0 Å². The highest BCUT2D eigenvalue weighted by Crippen LogP contribution is 2.35. The third-order valence-electron chi connectivity index (χ3n) is 4.13. The van der Waals surface area contributed by atoms with E-state index in [-0.39, 0.29) is 0 Å². The van der Waals surface area contributed by atoms with E-state index >= 15 is 0 Å². The van der Waals surface area contributed by atoms with Crippen LogP contribution in [0, 0.1) is 10.7 Å². The van der Waals surface area contributed by atoms with Crippen molar-refractivity contribution in [3.63, 3.8) is 0 Å². The van der Waals surface area contributed by atoms with Crippen LogP contribution < -0.4 is 0 Å². The maximum absolute atomic E-state index is 5.39. The Balaban J connectivity index is 2.04. The Morgan fingerprint density at radius 3 is 2.56 bits per heavy atom. The van der Waals surface area contributed by atoms with Gasteiger partial charge in [0, 0.05) is 12.5 Å². The van der Waals surface area contributed by atoms with Crippen molar-refractivity contribution in [1.29, 1.82) is 0 Å². The monoisotopic (exact) mass is 267 g/mol. The average molecular weight is 267 g/mol. The van der Waals surface area contributed by atoms with Gasteiger partial charge in [-0.1, -0.05) is 26.7 Å². The molecule has 2 rings (SSSR count). The molecule has 0 aromatic carbocycles. The second-order valence-electron chi connectivity index (χ2n) is 5.53. The van der Waals surface area contributed by atoms with Gasteiger partial charge in [-0.2, -0.15) is 5.10 Å². The molecule has 1 aliphatic carbocycles. The van der Waals surface area contributed by atoms with E-state index in [0.29, 0.717) is 6.04 Å². The van der Waals surface area contributed by atoms with Crippen LogP contribution in [0.3, 0.4) is 0 Å². The van der Waals surface area contributed by atoms with Gasteiger partial charge in [0.25, 0.3) is 0 Å². The Morgan fingerprint density at radius 2 is 1.94 bits per heavy atom. The molecule has 0 saturated heterocycles. The summed E-state index contributed by atoms with van der Waals surface area (Å²) in [5, 5.41) is 7.35. The topological polar surface area (TPSA) is 33.6 Å². The quantitative estimate of drug-likeness (QED) is 0.801. The lowest BCUT2D eigenvalue weighted by molar-refractivity contribution is 0.257. The first-order valence-electron chi connectivity index (χ1n) is 7.42. The number of nitrogens with one attached hydrogen (secondary N) is 1. The van der Waals surface area contributed by atoms with Crippen LogP contribution in [0.5, 0.6) is 0 Å². The predicted octanol–water partition coefficient (Wildman–Crippen LogP) is 4.42. The number of H-pyrrole nitrogens is 1. The summed E-state index contributed by atoms with van der Waals surface area (Å²) in [6.07, 6.45) is 10.1. The number of hydrogen-bond acceptors (Lipinski definition) is 2. The highest BCUT2D eigenvalue weighted by Gasteiger charge is 2.24. The molecule has 1 heterocycles. The lowest BCUT2D eigenvalue weighted by Crippen LogP contribution is -2.20. The Hall–Kier alpha value is -0.640. The Bertz CT molecular complexity index is 413. The molecule has 0 spiro atoms. The van der Waals surface area contributed by atoms with Crippen molar-refractivity contribution >= 4 is 12.2 Å². The van der Waals surface area contributed by atoms with Gasteiger partial charge in [0.1, 0.15) is 5.82 Å². The molecule has 0 amide bonds. The van der Waals surface area contributed by atoms with E-state index in [4.69, 9.17) is 12.2 Å². The fraction of sp³-hybridized carbons (Fsp3) is 0.857. The smallest absolute Gasteiger partial charge is 0.195 e. The van der Waals surface area contributed by atoms with E-state index in [1.54, 1.807) is 0 Å². The third kappa shape index (κ3) is 3.02. The maximum atomic E-state index is 5.39. The zero-order valence-corrected chi connectivity index (χ0v) is 12.4. The molecule has 1 aliphatic rings. The van der Waals surface area contributed by atoms with Crippen LogP contribution in [-0.4, -0.2) is 14.8 Å². The van der Waals surface area contributed by atoms with Gasteiger partial charge in [-0.25, -0.2) is 0 Å². The summed E-state index contributed by atoms with van der Waals surface area (Å²) < 4.78 is 3.11. The van der Waals surface area contributed by atoms with Gasteiger partial charge < -0.3 is 4.57 Å². The number of rotatable bonds is 5. The Kier molecular flexibility index (Phi) is 4.98. The minimum atomic E-state index is 0.589. The second-order valence-corrected chi connectivity index (χ2v) is 5.91. The molecule has 3 nitrogen and oxygen atoms in total. The predicted molar refractivity (Wildman–Crippen MR) is 77.3 cm³/mol. The van der Waals surface area contributed by atoms with E-state index < -0.39 is 0 Å². The van der Waals surface area contributed by atoms with E-state index in [0.717, 1.165) is 29.4 Å². The fourth-order valence-electron chi connectivity index (χ4n) is 3.21. The molecule has 102 valence electrons. The van der Waals surface area contributed by atoms with Crippen molar-refractivity contribution in [1.82, 2.24) is 14.8 Å². The van der Waals surface area contributed by atoms with Gasteiger partial charge in [-0.05, 0) is 50.2 Å². The fourth-order valence-corrected chi connectivity index (χ4v) is 3.51. The normalized spacial score (nSPS) is 24.3. The van der Waals surface area contributed by atoms with Gasteiger partial charge in [0.15, 0.2) is 4.77 Å². The number of aromatic amines is 1.